The maximum absolute atomic E-state index is 9.95. The molecule has 1 atom stereocenters. The molecule has 0 aromatic heterocycles. The zero-order valence-corrected chi connectivity index (χ0v) is 8.72. The highest BCUT2D eigenvalue weighted by Gasteiger charge is 2.29. The van der Waals surface area contributed by atoms with Gasteiger partial charge in [0, 0.05) is 12.8 Å². The molecule has 1 saturated heterocycles. The van der Waals surface area contributed by atoms with Crippen LogP contribution in [0.2, 0.25) is 0 Å². The van der Waals surface area contributed by atoms with Crippen molar-refractivity contribution in [2.24, 2.45) is 0 Å². The molecule has 0 aromatic carbocycles. The SMILES string of the molecule is CCCCCCC1(O)CCCCO1. The van der Waals surface area contributed by atoms with Gasteiger partial charge in [0.25, 0.3) is 0 Å². The minimum Gasteiger partial charge on any atom is -0.365 e. The molecular formula is C11H22O2. The monoisotopic (exact) mass is 186 g/mol. The van der Waals surface area contributed by atoms with E-state index in [2.05, 4.69) is 6.92 Å². The van der Waals surface area contributed by atoms with Crippen molar-refractivity contribution in [3.05, 3.63) is 0 Å². The highest BCUT2D eigenvalue weighted by molar-refractivity contribution is 4.71. The van der Waals surface area contributed by atoms with Gasteiger partial charge in [-0.1, -0.05) is 26.2 Å². The summed E-state index contributed by atoms with van der Waals surface area (Å²) in [4.78, 5) is 0. The molecule has 1 aliphatic heterocycles. The van der Waals surface area contributed by atoms with Gasteiger partial charge in [-0.25, -0.2) is 0 Å². The number of hydrogen-bond donors (Lipinski definition) is 1. The molecule has 0 radical (unpaired) electrons. The highest BCUT2D eigenvalue weighted by atomic mass is 16.6. The second-order valence-electron chi connectivity index (χ2n) is 4.06. The molecule has 1 rings (SSSR count). The molecule has 1 unspecified atom stereocenters. The summed E-state index contributed by atoms with van der Waals surface area (Å²) in [6, 6.07) is 0. The van der Waals surface area contributed by atoms with Crippen LogP contribution in [0.15, 0.2) is 0 Å². The first-order valence-electron chi connectivity index (χ1n) is 5.63. The molecule has 1 aliphatic rings. The number of unbranched alkanes of at least 4 members (excludes halogenated alkanes) is 3. The minimum atomic E-state index is -0.772. The van der Waals surface area contributed by atoms with E-state index in [-0.39, 0.29) is 0 Å². The molecule has 1 N–H and O–H groups in total. The largest absolute Gasteiger partial charge is 0.365 e. The maximum Gasteiger partial charge on any atom is 0.165 e. The zero-order valence-electron chi connectivity index (χ0n) is 8.72. The van der Waals surface area contributed by atoms with Crippen molar-refractivity contribution in [3.8, 4) is 0 Å². The topological polar surface area (TPSA) is 29.5 Å². The molecule has 13 heavy (non-hydrogen) atoms. The number of aliphatic hydroxyl groups is 1. The predicted molar refractivity (Wildman–Crippen MR) is 53.5 cm³/mol. The predicted octanol–water partition coefficient (Wildman–Crippen LogP) is 2.85. The third-order valence-electron chi connectivity index (χ3n) is 2.75. The van der Waals surface area contributed by atoms with Crippen LogP contribution >= 0.6 is 0 Å². The summed E-state index contributed by atoms with van der Waals surface area (Å²) in [5, 5.41) is 9.95. The van der Waals surface area contributed by atoms with Gasteiger partial charge in [0.15, 0.2) is 5.79 Å². The van der Waals surface area contributed by atoms with Crippen LogP contribution in [0.4, 0.5) is 0 Å². The molecule has 2 nitrogen and oxygen atoms in total. The fourth-order valence-corrected chi connectivity index (χ4v) is 1.86. The molecule has 0 amide bonds. The quantitative estimate of drug-likeness (QED) is 0.669. The van der Waals surface area contributed by atoms with Crippen LogP contribution in [0, 0.1) is 0 Å². The first-order chi connectivity index (χ1) is 6.27. The fourth-order valence-electron chi connectivity index (χ4n) is 1.86. The molecule has 0 saturated carbocycles. The summed E-state index contributed by atoms with van der Waals surface area (Å²) in [6.07, 6.45) is 8.73. The molecule has 1 heterocycles. The summed E-state index contributed by atoms with van der Waals surface area (Å²) in [7, 11) is 0. The Labute approximate surface area is 81.3 Å². The molecule has 0 aromatic rings. The molecule has 0 spiro atoms. The first kappa shape index (κ1) is 11.0. The van der Waals surface area contributed by atoms with Crippen LogP contribution in [-0.2, 0) is 4.74 Å². The second kappa shape index (κ2) is 5.61. The van der Waals surface area contributed by atoms with E-state index in [1.807, 2.05) is 0 Å². The Kier molecular flexibility index (Phi) is 4.74. The molecule has 1 fully saturated rings. The Morgan fingerprint density at radius 1 is 1.23 bits per heavy atom. The van der Waals surface area contributed by atoms with Crippen molar-refractivity contribution < 1.29 is 9.84 Å². The second-order valence-corrected chi connectivity index (χ2v) is 4.06. The van der Waals surface area contributed by atoms with Crippen molar-refractivity contribution in [2.75, 3.05) is 6.61 Å². The standard InChI is InChI=1S/C11H22O2/c1-2-3-4-5-8-11(12)9-6-7-10-13-11/h12H,2-10H2,1H3. The Morgan fingerprint density at radius 2 is 2.08 bits per heavy atom. The van der Waals surface area contributed by atoms with Crippen LogP contribution in [-0.4, -0.2) is 17.5 Å². The average Bonchev–Trinajstić information content (AvgIpc) is 2.14. The van der Waals surface area contributed by atoms with Crippen LogP contribution in [0.3, 0.4) is 0 Å². The van der Waals surface area contributed by atoms with Gasteiger partial charge in [-0.05, 0) is 19.3 Å². The van der Waals surface area contributed by atoms with Gasteiger partial charge < -0.3 is 9.84 Å². The lowest BCUT2D eigenvalue weighted by Crippen LogP contribution is -2.35. The van der Waals surface area contributed by atoms with Crippen molar-refractivity contribution in [1.82, 2.24) is 0 Å². The van der Waals surface area contributed by atoms with Crippen molar-refractivity contribution >= 4 is 0 Å². The summed E-state index contributed by atoms with van der Waals surface area (Å²) in [5.74, 6) is -0.772. The van der Waals surface area contributed by atoms with E-state index in [0.29, 0.717) is 0 Å². The Balaban J connectivity index is 2.10. The number of rotatable bonds is 5. The van der Waals surface area contributed by atoms with Gasteiger partial charge in [0.2, 0.25) is 0 Å². The van der Waals surface area contributed by atoms with Gasteiger partial charge in [0.1, 0.15) is 0 Å². The number of ether oxygens (including phenoxy) is 1. The fraction of sp³-hybridized carbons (Fsp3) is 1.00. The van der Waals surface area contributed by atoms with E-state index in [1.165, 1.54) is 19.3 Å². The van der Waals surface area contributed by atoms with E-state index < -0.39 is 5.79 Å². The van der Waals surface area contributed by atoms with E-state index in [9.17, 15) is 5.11 Å². The van der Waals surface area contributed by atoms with Gasteiger partial charge in [-0.3, -0.25) is 0 Å². The van der Waals surface area contributed by atoms with Gasteiger partial charge >= 0.3 is 0 Å². The van der Waals surface area contributed by atoms with Crippen molar-refractivity contribution in [3.63, 3.8) is 0 Å². The molecule has 2 heteroatoms. The number of hydrogen-bond acceptors (Lipinski definition) is 2. The van der Waals surface area contributed by atoms with Crippen molar-refractivity contribution in [1.29, 1.82) is 0 Å². The van der Waals surface area contributed by atoms with Crippen molar-refractivity contribution in [2.45, 2.75) is 64.1 Å². The highest BCUT2D eigenvalue weighted by Crippen LogP contribution is 2.27. The smallest absolute Gasteiger partial charge is 0.165 e. The van der Waals surface area contributed by atoms with Crippen LogP contribution in [0.5, 0.6) is 0 Å². The average molecular weight is 186 g/mol. The summed E-state index contributed by atoms with van der Waals surface area (Å²) in [5.41, 5.74) is 0. The zero-order chi connectivity index (χ0) is 9.57. The Hall–Kier alpha value is -0.0800. The lowest BCUT2D eigenvalue weighted by Gasteiger charge is -2.32. The van der Waals surface area contributed by atoms with E-state index in [1.54, 1.807) is 0 Å². The lowest BCUT2D eigenvalue weighted by molar-refractivity contribution is -0.228. The summed E-state index contributed by atoms with van der Waals surface area (Å²) in [6.45, 7) is 2.94. The van der Waals surface area contributed by atoms with Crippen LogP contribution in [0.25, 0.3) is 0 Å². The van der Waals surface area contributed by atoms with E-state index in [0.717, 1.165) is 38.7 Å². The third kappa shape index (κ3) is 4.10. The first-order valence-corrected chi connectivity index (χ1v) is 5.63. The normalized spacial score (nSPS) is 29.1. The van der Waals surface area contributed by atoms with Gasteiger partial charge in [-0.2, -0.15) is 0 Å². The van der Waals surface area contributed by atoms with Crippen LogP contribution < -0.4 is 0 Å². The minimum absolute atomic E-state index is 0.740. The van der Waals surface area contributed by atoms with Gasteiger partial charge in [-0.15, -0.1) is 0 Å². The van der Waals surface area contributed by atoms with E-state index in [4.69, 9.17) is 4.74 Å². The molecule has 78 valence electrons. The summed E-state index contributed by atoms with van der Waals surface area (Å²) < 4.78 is 5.40. The Morgan fingerprint density at radius 3 is 2.69 bits per heavy atom. The maximum atomic E-state index is 9.95. The Bertz CT molecular complexity index is 128. The molecular weight excluding hydrogens is 164 g/mol. The lowest BCUT2D eigenvalue weighted by atomic mass is 9.99. The van der Waals surface area contributed by atoms with Crippen LogP contribution in [0.1, 0.15) is 58.3 Å². The van der Waals surface area contributed by atoms with Gasteiger partial charge in [0.05, 0.1) is 6.61 Å². The molecule has 0 bridgehead atoms. The molecule has 0 aliphatic carbocycles. The van der Waals surface area contributed by atoms with E-state index >= 15 is 0 Å². The third-order valence-corrected chi connectivity index (χ3v) is 2.75. The summed E-state index contributed by atoms with van der Waals surface area (Å²) >= 11 is 0.